The Hall–Kier alpha value is -1.76. The van der Waals surface area contributed by atoms with Gasteiger partial charge in [-0.25, -0.2) is 4.79 Å². The lowest BCUT2D eigenvalue weighted by molar-refractivity contribution is 0.0603. The number of hydrogen-bond acceptors (Lipinski definition) is 6. The number of nitrogens with one attached hydrogen (secondary N) is 2. The maximum Gasteiger partial charge on any atom is 0.343 e. The summed E-state index contributed by atoms with van der Waals surface area (Å²) >= 11 is 1.22. The Morgan fingerprint density at radius 1 is 1.38 bits per heavy atom. The second kappa shape index (κ2) is 6.80. The van der Waals surface area contributed by atoms with Crippen molar-refractivity contribution in [3.63, 3.8) is 0 Å². The van der Waals surface area contributed by atoms with Gasteiger partial charge in [0.1, 0.15) is 15.4 Å². The minimum Gasteiger partial charge on any atom is -0.465 e. The lowest BCUT2D eigenvalue weighted by Gasteiger charge is -2.12. The van der Waals surface area contributed by atoms with E-state index in [9.17, 15) is 9.59 Å². The molecule has 6 nitrogen and oxygen atoms in total. The highest BCUT2D eigenvalue weighted by Gasteiger charge is 2.27. The topological polar surface area (TPSA) is 93.5 Å². The summed E-state index contributed by atoms with van der Waals surface area (Å²) in [5, 5.41) is 6.68. The number of esters is 1. The summed E-state index contributed by atoms with van der Waals surface area (Å²) in [4.78, 5) is 24.3. The molecule has 0 bridgehead atoms. The number of hydrogen-bond donors (Lipinski definition) is 3. The van der Waals surface area contributed by atoms with Crippen molar-refractivity contribution in [2.45, 2.75) is 38.6 Å². The number of thiophene rings is 1. The van der Waals surface area contributed by atoms with Crippen LogP contribution in [-0.4, -0.2) is 31.6 Å². The van der Waals surface area contributed by atoms with E-state index in [2.05, 4.69) is 10.6 Å². The number of amides is 1. The highest BCUT2D eigenvalue weighted by molar-refractivity contribution is 7.19. The fourth-order valence-electron chi connectivity index (χ4n) is 2.52. The summed E-state index contributed by atoms with van der Waals surface area (Å²) in [5.41, 5.74) is 6.46. The van der Waals surface area contributed by atoms with Gasteiger partial charge in [-0.05, 0) is 19.8 Å². The van der Waals surface area contributed by atoms with E-state index in [4.69, 9.17) is 10.5 Å². The predicted octanol–water partition coefficient (Wildman–Crippen LogP) is 2.22. The van der Waals surface area contributed by atoms with Crippen LogP contribution in [0.2, 0.25) is 0 Å². The molecule has 1 heterocycles. The van der Waals surface area contributed by atoms with Gasteiger partial charge in [-0.2, -0.15) is 0 Å². The van der Waals surface area contributed by atoms with Gasteiger partial charge >= 0.3 is 5.97 Å². The quantitative estimate of drug-likeness (QED) is 0.725. The van der Waals surface area contributed by atoms with Crippen molar-refractivity contribution in [2.24, 2.45) is 0 Å². The number of nitrogen functional groups attached to an aromatic ring is 1. The summed E-state index contributed by atoms with van der Waals surface area (Å²) in [6.45, 7) is 2.34. The maximum absolute atomic E-state index is 12.0. The van der Waals surface area contributed by atoms with Crippen LogP contribution in [0.15, 0.2) is 0 Å². The molecular weight excluding hydrogens is 290 g/mol. The van der Waals surface area contributed by atoms with Gasteiger partial charge in [-0.3, -0.25) is 4.79 Å². The maximum atomic E-state index is 12.0. The number of ether oxygens (including phenoxy) is 1. The molecule has 1 aliphatic rings. The molecule has 1 saturated carbocycles. The fraction of sp³-hybridized carbons (Fsp3) is 0.571. The van der Waals surface area contributed by atoms with Gasteiger partial charge in [-0.15, -0.1) is 11.3 Å². The van der Waals surface area contributed by atoms with E-state index in [-0.39, 0.29) is 17.2 Å². The van der Waals surface area contributed by atoms with E-state index in [1.165, 1.54) is 31.3 Å². The van der Waals surface area contributed by atoms with Crippen LogP contribution < -0.4 is 16.4 Å². The SMILES string of the molecule is CCNC(=O)c1sc(NC2CCCC2)c(C(=O)OC)c1N. The first kappa shape index (κ1) is 15.6. The van der Waals surface area contributed by atoms with E-state index in [0.717, 1.165) is 12.8 Å². The Labute approximate surface area is 128 Å². The largest absolute Gasteiger partial charge is 0.465 e. The van der Waals surface area contributed by atoms with Gasteiger partial charge in [0, 0.05) is 12.6 Å². The van der Waals surface area contributed by atoms with Crippen molar-refractivity contribution in [3.8, 4) is 0 Å². The number of nitrogens with two attached hydrogens (primary N) is 1. The van der Waals surface area contributed by atoms with Gasteiger partial charge in [-0.1, -0.05) is 12.8 Å². The van der Waals surface area contributed by atoms with E-state index in [1.54, 1.807) is 0 Å². The van der Waals surface area contributed by atoms with Crippen LogP contribution in [0.1, 0.15) is 52.6 Å². The van der Waals surface area contributed by atoms with Crippen molar-refractivity contribution < 1.29 is 14.3 Å². The van der Waals surface area contributed by atoms with Crippen LogP contribution >= 0.6 is 11.3 Å². The van der Waals surface area contributed by atoms with Crippen molar-refractivity contribution in [2.75, 3.05) is 24.7 Å². The summed E-state index contributed by atoms with van der Waals surface area (Å²) in [6, 6.07) is 0.327. The minimum absolute atomic E-state index is 0.193. The fourth-order valence-corrected chi connectivity index (χ4v) is 3.62. The first-order chi connectivity index (χ1) is 10.1. The molecular formula is C14H21N3O3S. The minimum atomic E-state index is -0.514. The third-order valence-corrected chi connectivity index (χ3v) is 4.70. The Bertz CT molecular complexity index is 536. The Morgan fingerprint density at radius 2 is 2.05 bits per heavy atom. The first-order valence-electron chi connectivity index (χ1n) is 7.13. The average Bonchev–Trinajstić information content (AvgIpc) is 3.07. The Kier molecular flexibility index (Phi) is 5.06. The molecule has 0 aliphatic heterocycles. The smallest absolute Gasteiger partial charge is 0.343 e. The third kappa shape index (κ3) is 3.29. The average molecular weight is 311 g/mol. The van der Waals surface area contributed by atoms with E-state index >= 15 is 0 Å². The molecule has 1 aliphatic carbocycles. The molecule has 1 aromatic rings. The lowest BCUT2D eigenvalue weighted by atomic mass is 10.2. The number of rotatable bonds is 5. The third-order valence-electron chi connectivity index (χ3n) is 3.57. The first-order valence-corrected chi connectivity index (χ1v) is 7.95. The number of methoxy groups -OCH3 is 1. The molecule has 4 N–H and O–H groups in total. The van der Waals surface area contributed by atoms with Crippen molar-refractivity contribution in [3.05, 3.63) is 10.4 Å². The zero-order valence-electron chi connectivity index (χ0n) is 12.3. The van der Waals surface area contributed by atoms with Crippen LogP contribution in [0.3, 0.4) is 0 Å². The monoisotopic (exact) mass is 311 g/mol. The Balaban J connectivity index is 2.34. The van der Waals surface area contributed by atoms with Gasteiger partial charge in [0.25, 0.3) is 5.91 Å². The molecule has 0 unspecified atom stereocenters. The number of carbonyl (C=O) groups excluding carboxylic acids is 2. The highest BCUT2D eigenvalue weighted by atomic mass is 32.1. The summed E-state index contributed by atoms with van der Waals surface area (Å²) < 4.78 is 4.79. The zero-order valence-corrected chi connectivity index (χ0v) is 13.1. The molecule has 1 amide bonds. The summed E-state index contributed by atoms with van der Waals surface area (Å²) in [6.07, 6.45) is 4.48. The molecule has 0 atom stereocenters. The Morgan fingerprint density at radius 3 is 2.62 bits per heavy atom. The van der Waals surface area contributed by atoms with Crippen LogP contribution in [0, 0.1) is 0 Å². The molecule has 1 fully saturated rings. The second-order valence-corrected chi connectivity index (χ2v) is 6.05. The van der Waals surface area contributed by atoms with E-state index in [1.807, 2.05) is 6.92 Å². The molecule has 1 aromatic heterocycles. The predicted molar refractivity (Wildman–Crippen MR) is 84.0 cm³/mol. The van der Waals surface area contributed by atoms with Crippen LogP contribution in [0.5, 0.6) is 0 Å². The van der Waals surface area contributed by atoms with Gasteiger partial charge in [0.2, 0.25) is 0 Å². The summed E-state index contributed by atoms with van der Waals surface area (Å²) in [5.74, 6) is -0.774. The molecule has 0 spiro atoms. The standard InChI is InChI=1S/C14H21N3O3S/c1-3-16-12(18)11-10(15)9(14(19)20-2)13(21-11)17-8-6-4-5-7-8/h8,17H,3-7,15H2,1-2H3,(H,16,18). The lowest BCUT2D eigenvalue weighted by Crippen LogP contribution is -2.22. The molecule has 7 heteroatoms. The van der Waals surface area contributed by atoms with Crippen LogP contribution in [0.4, 0.5) is 10.7 Å². The van der Waals surface area contributed by atoms with Crippen molar-refractivity contribution in [1.82, 2.24) is 5.32 Å². The molecule has 0 radical (unpaired) electrons. The number of anilines is 2. The van der Waals surface area contributed by atoms with Crippen LogP contribution in [-0.2, 0) is 4.74 Å². The molecule has 0 aromatic carbocycles. The van der Waals surface area contributed by atoms with Gasteiger partial charge in [0.15, 0.2) is 0 Å². The highest BCUT2D eigenvalue weighted by Crippen LogP contribution is 2.38. The molecule has 2 rings (SSSR count). The van der Waals surface area contributed by atoms with Crippen molar-refractivity contribution >= 4 is 33.9 Å². The second-order valence-electron chi connectivity index (χ2n) is 5.03. The van der Waals surface area contributed by atoms with Gasteiger partial charge < -0.3 is 21.1 Å². The summed E-state index contributed by atoms with van der Waals surface area (Å²) in [7, 11) is 1.31. The zero-order chi connectivity index (χ0) is 15.4. The van der Waals surface area contributed by atoms with Crippen molar-refractivity contribution in [1.29, 1.82) is 0 Å². The normalized spacial score (nSPS) is 15.0. The van der Waals surface area contributed by atoms with E-state index in [0.29, 0.717) is 22.5 Å². The van der Waals surface area contributed by atoms with E-state index < -0.39 is 5.97 Å². The molecule has 116 valence electrons. The molecule has 21 heavy (non-hydrogen) atoms. The number of carbonyl (C=O) groups is 2. The van der Waals surface area contributed by atoms with Crippen LogP contribution in [0.25, 0.3) is 0 Å². The molecule has 0 saturated heterocycles. The van der Waals surface area contributed by atoms with Gasteiger partial charge in [0.05, 0.1) is 12.8 Å².